The van der Waals surface area contributed by atoms with Crippen molar-refractivity contribution in [2.45, 2.75) is 26.4 Å². The molecule has 1 aromatic heterocycles. The molecule has 0 fully saturated rings. The lowest BCUT2D eigenvalue weighted by Crippen LogP contribution is -2.19. The molecular formula is C15H21N3O2. The number of nitrogens with one attached hydrogen (secondary N) is 2. The largest absolute Gasteiger partial charge is 0.497 e. The molecule has 20 heavy (non-hydrogen) atoms. The van der Waals surface area contributed by atoms with Gasteiger partial charge in [-0.25, -0.2) is 4.98 Å². The van der Waals surface area contributed by atoms with E-state index in [-0.39, 0.29) is 6.04 Å². The highest BCUT2D eigenvalue weighted by molar-refractivity contribution is 5.42. The summed E-state index contributed by atoms with van der Waals surface area (Å²) in [5.74, 6) is 1.61. The molecule has 0 amide bonds. The van der Waals surface area contributed by atoms with Crippen LogP contribution in [0, 0.1) is 6.92 Å². The number of imidazole rings is 1. The second-order valence-corrected chi connectivity index (χ2v) is 4.68. The highest BCUT2D eigenvalue weighted by Crippen LogP contribution is 2.29. The van der Waals surface area contributed by atoms with E-state index in [1.54, 1.807) is 20.5 Å². The second-order valence-electron chi connectivity index (χ2n) is 4.68. The summed E-state index contributed by atoms with van der Waals surface area (Å²) in [6.07, 6.45) is 1.71. The molecule has 0 aliphatic heterocycles. The van der Waals surface area contributed by atoms with Crippen LogP contribution in [0.15, 0.2) is 24.5 Å². The van der Waals surface area contributed by atoms with Crippen molar-refractivity contribution in [3.05, 3.63) is 41.5 Å². The van der Waals surface area contributed by atoms with Gasteiger partial charge in [0.2, 0.25) is 0 Å². The highest BCUT2D eigenvalue weighted by Gasteiger charge is 2.13. The Labute approximate surface area is 119 Å². The third-order valence-corrected chi connectivity index (χ3v) is 3.42. The molecule has 0 aliphatic carbocycles. The minimum Gasteiger partial charge on any atom is -0.497 e. The average molecular weight is 275 g/mol. The number of aryl methyl sites for hydroxylation is 1. The molecule has 0 spiro atoms. The van der Waals surface area contributed by atoms with Crippen LogP contribution in [0.3, 0.4) is 0 Å². The van der Waals surface area contributed by atoms with Crippen molar-refractivity contribution in [1.82, 2.24) is 15.3 Å². The van der Waals surface area contributed by atoms with E-state index in [0.717, 1.165) is 28.5 Å². The molecule has 1 aromatic carbocycles. The predicted molar refractivity (Wildman–Crippen MR) is 78.1 cm³/mol. The van der Waals surface area contributed by atoms with Gasteiger partial charge in [-0.05, 0) is 19.9 Å². The number of rotatable bonds is 6. The molecule has 5 heteroatoms. The van der Waals surface area contributed by atoms with Crippen LogP contribution in [-0.2, 0) is 6.54 Å². The first-order chi connectivity index (χ1) is 9.65. The van der Waals surface area contributed by atoms with Gasteiger partial charge in [-0.2, -0.15) is 0 Å². The van der Waals surface area contributed by atoms with E-state index in [1.807, 2.05) is 25.1 Å². The van der Waals surface area contributed by atoms with E-state index >= 15 is 0 Å². The quantitative estimate of drug-likeness (QED) is 0.850. The number of hydrogen-bond acceptors (Lipinski definition) is 4. The van der Waals surface area contributed by atoms with Gasteiger partial charge in [0.1, 0.15) is 11.5 Å². The summed E-state index contributed by atoms with van der Waals surface area (Å²) >= 11 is 0. The predicted octanol–water partition coefficient (Wildman–Crippen LogP) is 2.59. The van der Waals surface area contributed by atoms with Crippen molar-refractivity contribution in [2.75, 3.05) is 14.2 Å². The Bertz CT molecular complexity index is 566. The summed E-state index contributed by atoms with van der Waals surface area (Å²) in [6.45, 7) is 4.83. The number of aromatic nitrogens is 2. The van der Waals surface area contributed by atoms with Crippen LogP contribution in [0.2, 0.25) is 0 Å². The number of aromatic amines is 1. The first-order valence-electron chi connectivity index (χ1n) is 6.60. The second kappa shape index (κ2) is 6.43. The molecule has 0 radical (unpaired) electrons. The molecule has 1 unspecified atom stereocenters. The Hall–Kier alpha value is -2.01. The monoisotopic (exact) mass is 275 g/mol. The maximum absolute atomic E-state index is 5.43. The number of H-pyrrole nitrogens is 1. The Morgan fingerprint density at radius 1 is 1.30 bits per heavy atom. The summed E-state index contributed by atoms with van der Waals surface area (Å²) in [7, 11) is 3.32. The zero-order valence-electron chi connectivity index (χ0n) is 12.4. The van der Waals surface area contributed by atoms with Gasteiger partial charge in [-0.1, -0.05) is 6.07 Å². The number of ether oxygens (including phenoxy) is 2. The Morgan fingerprint density at radius 2 is 2.10 bits per heavy atom. The molecule has 2 aromatic rings. The molecule has 0 aliphatic rings. The molecule has 108 valence electrons. The Kier molecular flexibility index (Phi) is 4.63. The highest BCUT2D eigenvalue weighted by atomic mass is 16.5. The number of benzene rings is 1. The molecule has 0 saturated heterocycles. The van der Waals surface area contributed by atoms with Gasteiger partial charge in [0, 0.05) is 29.9 Å². The van der Waals surface area contributed by atoms with Crippen LogP contribution in [0.5, 0.6) is 11.5 Å². The van der Waals surface area contributed by atoms with Crippen LogP contribution >= 0.6 is 0 Å². The SMILES string of the molecule is COc1ccc(C(C)NCc2nc[nH]c2C)c(OC)c1. The van der Waals surface area contributed by atoms with E-state index in [9.17, 15) is 0 Å². The lowest BCUT2D eigenvalue weighted by molar-refractivity contribution is 0.385. The fraction of sp³-hybridized carbons (Fsp3) is 0.400. The lowest BCUT2D eigenvalue weighted by Gasteiger charge is -2.17. The standard InChI is InChI=1S/C15H21N3O2/c1-10(16-8-14-11(2)17-9-18-14)13-6-5-12(19-3)7-15(13)20-4/h5-7,9-10,16H,8H2,1-4H3,(H,17,18). The van der Waals surface area contributed by atoms with Crippen molar-refractivity contribution in [1.29, 1.82) is 0 Å². The van der Waals surface area contributed by atoms with Gasteiger partial charge < -0.3 is 19.8 Å². The molecular weight excluding hydrogens is 254 g/mol. The Balaban J connectivity index is 2.08. The van der Waals surface area contributed by atoms with Gasteiger partial charge in [0.15, 0.2) is 0 Å². The molecule has 1 heterocycles. The fourth-order valence-electron chi connectivity index (χ4n) is 2.10. The molecule has 5 nitrogen and oxygen atoms in total. The molecule has 0 saturated carbocycles. The molecule has 2 N–H and O–H groups in total. The topological polar surface area (TPSA) is 59.2 Å². The van der Waals surface area contributed by atoms with E-state index < -0.39 is 0 Å². The molecule has 0 bridgehead atoms. The van der Waals surface area contributed by atoms with Crippen molar-refractivity contribution in [2.24, 2.45) is 0 Å². The van der Waals surface area contributed by atoms with Gasteiger partial charge >= 0.3 is 0 Å². The van der Waals surface area contributed by atoms with E-state index in [4.69, 9.17) is 9.47 Å². The van der Waals surface area contributed by atoms with Crippen molar-refractivity contribution in [3.63, 3.8) is 0 Å². The van der Waals surface area contributed by atoms with Crippen molar-refractivity contribution < 1.29 is 9.47 Å². The maximum Gasteiger partial charge on any atom is 0.127 e. The number of hydrogen-bond donors (Lipinski definition) is 2. The van der Waals surface area contributed by atoms with E-state index in [2.05, 4.69) is 22.2 Å². The van der Waals surface area contributed by atoms with Gasteiger partial charge in [0.25, 0.3) is 0 Å². The van der Waals surface area contributed by atoms with Crippen LogP contribution in [0.4, 0.5) is 0 Å². The lowest BCUT2D eigenvalue weighted by atomic mass is 10.1. The van der Waals surface area contributed by atoms with Crippen molar-refractivity contribution in [3.8, 4) is 11.5 Å². The molecule has 1 atom stereocenters. The zero-order valence-corrected chi connectivity index (χ0v) is 12.4. The Morgan fingerprint density at radius 3 is 2.70 bits per heavy atom. The van der Waals surface area contributed by atoms with Gasteiger partial charge in [-0.15, -0.1) is 0 Å². The third kappa shape index (κ3) is 3.11. The minimum atomic E-state index is 0.159. The summed E-state index contributed by atoms with van der Waals surface area (Å²) in [6, 6.07) is 6.02. The molecule has 2 rings (SSSR count). The summed E-state index contributed by atoms with van der Waals surface area (Å²) in [4.78, 5) is 7.36. The van der Waals surface area contributed by atoms with Crippen LogP contribution in [0.25, 0.3) is 0 Å². The van der Waals surface area contributed by atoms with E-state index in [0.29, 0.717) is 6.54 Å². The zero-order chi connectivity index (χ0) is 14.5. The summed E-state index contributed by atoms with van der Waals surface area (Å²) in [5, 5.41) is 3.45. The summed E-state index contributed by atoms with van der Waals surface area (Å²) in [5.41, 5.74) is 3.22. The normalized spacial score (nSPS) is 12.2. The average Bonchev–Trinajstić information content (AvgIpc) is 2.89. The number of methoxy groups -OCH3 is 2. The third-order valence-electron chi connectivity index (χ3n) is 3.42. The van der Waals surface area contributed by atoms with Crippen molar-refractivity contribution >= 4 is 0 Å². The van der Waals surface area contributed by atoms with Crippen LogP contribution in [0.1, 0.15) is 29.9 Å². The fourth-order valence-corrected chi connectivity index (χ4v) is 2.10. The first-order valence-corrected chi connectivity index (χ1v) is 6.60. The minimum absolute atomic E-state index is 0.159. The smallest absolute Gasteiger partial charge is 0.127 e. The van der Waals surface area contributed by atoms with Crippen LogP contribution in [-0.4, -0.2) is 24.2 Å². The summed E-state index contributed by atoms with van der Waals surface area (Å²) < 4.78 is 10.6. The van der Waals surface area contributed by atoms with Crippen LogP contribution < -0.4 is 14.8 Å². The maximum atomic E-state index is 5.43. The van der Waals surface area contributed by atoms with Gasteiger partial charge in [-0.3, -0.25) is 0 Å². The first kappa shape index (κ1) is 14.4. The number of nitrogens with zero attached hydrogens (tertiary/aromatic N) is 1. The van der Waals surface area contributed by atoms with E-state index in [1.165, 1.54) is 0 Å². The van der Waals surface area contributed by atoms with Gasteiger partial charge in [0.05, 0.1) is 26.2 Å².